The minimum atomic E-state index is 0.625. The van der Waals surface area contributed by atoms with E-state index in [0.717, 1.165) is 46.8 Å². The molecule has 0 amide bonds. The van der Waals surface area contributed by atoms with Crippen molar-refractivity contribution in [3.63, 3.8) is 0 Å². The van der Waals surface area contributed by atoms with Crippen LogP contribution in [-0.4, -0.2) is 34.9 Å². The van der Waals surface area contributed by atoms with Crippen molar-refractivity contribution in [1.82, 2.24) is 14.6 Å². The molecule has 0 spiro atoms. The standard InChI is InChI=1S/C18H21BrN4O2/c1-3-25-16-11-13(6-7-15(16)24-2)5-4-9-20-17-8-10-23-18(22-17)14(19)12-21-23/h6-8,10-12H,3-5,9H2,1-2H3,(H,20,22). The van der Waals surface area contributed by atoms with Crippen molar-refractivity contribution in [2.45, 2.75) is 19.8 Å². The quantitative estimate of drug-likeness (QED) is 0.576. The van der Waals surface area contributed by atoms with E-state index in [4.69, 9.17) is 9.47 Å². The molecule has 0 aliphatic rings. The second kappa shape index (κ2) is 8.20. The first-order valence-corrected chi connectivity index (χ1v) is 9.04. The smallest absolute Gasteiger partial charge is 0.171 e. The first-order valence-electron chi connectivity index (χ1n) is 8.24. The third kappa shape index (κ3) is 4.22. The summed E-state index contributed by atoms with van der Waals surface area (Å²) < 4.78 is 13.6. The highest BCUT2D eigenvalue weighted by Crippen LogP contribution is 2.28. The highest BCUT2D eigenvalue weighted by atomic mass is 79.9. The van der Waals surface area contributed by atoms with Gasteiger partial charge in [-0.15, -0.1) is 0 Å². The monoisotopic (exact) mass is 404 g/mol. The van der Waals surface area contributed by atoms with Crippen molar-refractivity contribution in [2.24, 2.45) is 0 Å². The van der Waals surface area contributed by atoms with Gasteiger partial charge < -0.3 is 14.8 Å². The van der Waals surface area contributed by atoms with Crippen molar-refractivity contribution in [3.05, 3.63) is 46.7 Å². The molecule has 2 heterocycles. The predicted molar refractivity (Wildman–Crippen MR) is 102 cm³/mol. The second-order valence-corrected chi connectivity index (χ2v) is 6.38. The number of aryl methyl sites for hydroxylation is 1. The molecule has 132 valence electrons. The Hall–Kier alpha value is -2.28. The molecule has 0 aliphatic heterocycles. The Morgan fingerprint density at radius 2 is 2.12 bits per heavy atom. The second-order valence-electron chi connectivity index (χ2n) is 5.52. The molecule has 25 heavy (non-hydrogen) atoms. The van der Waals surface area contributed by atoms with Crippen LogP contribution in [0.4, 0.5) is 5.82 Å². The molecule has 6 nitrogen and oxygen atoms in total. The van der Waals surface area contributed by atoms with Crippen LogP contribution in [0.2, 0.25) is 0 Å². The van der Waals surface area contributed by atoms with Gasteiger partial charge in [0.15, 0.2) is 17.1 Å². The lowest BCUT2D eigenvalue weighted by Gasteiger charge is -2.11. The molecule has 1 N–H and O–H groups in total. The summed E-state index contributed by atoms with van der Waals surface area (Å²) in [5, 5.41) is 7.55. The number of rotatable bonds is 8. The summed E-state index contributed by atoms with van der Waals surface area (Å²) >= 11 is 3.45. The molecule has 0 unspecified atom stereocenters. The van der Waals surface area contributed by atoms with Gasteiger partial charge in [0.2, 0.25) is 0 Å². The zero-order valence-electron chi connectivity index (χ0n) is 14.3. The Morgan fingerprint density at radius 1 is 1.24 bits per heavy atom. The Morgan fingerprint density at radius 3 is 2.92 bits per heavy atom. The van der Waals surface area contributed by atoms with Crippen LogP contribution < -0.4 is 14.8 Å². The van der Waals surface area contributed by atoms with Gasteiger partial charge in [-0.1, -0.05) is 6.07 Å². The molecule has 0 radical (unpaired) electrons. The summed E-state index contributed by atoms with van der Waals surface area (Å²) in [6.45, 7) is 3.43. The molecule has 3 rings (SSSR count). The maximum absolute atomic E-state index is 5.63. The topological polar surface area (TPSA) is 60.7 Å². The molecule has 0 saturated carbocycles. The molecule has 7 heteroatoms. The van der Waals surface area contributed by atoms with E-state index in [1.165, 1.54) is 5.56 Å². The number of nitrogens with one attached hydrogen (secondary N) is 1. The molecule has 0 bridgehead atoms. The third-order valence-corrected chi connectivity index (χ3v) is 4.36. The zero-order chi connectivity index (χ0) is 17.6. The van der Waals surface area contributed by atoms with Crippen LogP contribution >= 0.6 is 15.9 Å². The molecule has 0 saturated heterocycles. The minimum absolute atomic E-state index is 0.625. The molecule has 0 fully saturated rings. The van der Waals surface area contributed by atoms with Crippen molar-refractivity contribution in [1.29, 1.82) is 0 Å². The van der Waals surface area contributed by atoms with Crippen molar-refractivity contribution >= 4 is 27.4 Å². The fourth-order valence-electron chi connectivity index (χ4n) is 2.59. The Balaban J connectivity index is 1.55. The predicted octanol–water partition coefficient (Wildman–Crippen LogP) is 3.94. The summed E-state index contributed by atoms with van der Waals surface area (Å²) in [6, 6.07) is 8.01. The molecular formula is C18H21BrN4O2. The van der Waals surface area contributed by atoms with E-state index in [9.17, 15) is 0 Å². The molecule has 0 atom stereocenters. The summed E-state index contributed by atoms with van der Waals surface area (Å²) in [7, 11) is 1.66. The van der Waals surface area contributed by atoms with Gasteiger partial charge in [-0.2, -0.15) is 5.10 Å². The number of benzene rings is 1. The largest absolute Gasteiger partial charge is 0.493 e. The van der Waals surface area contributed by atoms with E-state index in [-0.39, 0.29) is 0 Å². The van der Waals surface area contributed by atoms with Crippen LogP contribution in [0, 0.1) is 0 Å². The molecular weight excluding hydrogens is 384 g/mol. The van der Waals surface area contributed by atoms with Gasteiger partial charge in [-0.05, 0) is 59.5 Å². The van der Waals surface area contributed by atoms with Gasteiger partial charge in [-0.25, -0.2) is 9.50 Å². The van der Waals surface area contributed by atoms with Crippen LogP contribution in [-0.2, 0) is 6.42 Å². The van der Waals surface area contributed by atoms with Gasteiger partial charge in [0.1, 0.15) is 5.82 Å². The summed E-state index contributed by atoms with van der Waals surface area (Å²) in [6.07, 6.45) is 5.58. The zero-order valence-corrected chi connectivity index (χ0v) is 15.9. The Labute approximate surface area is 155 Å². The SMILES string of the molecule is CCOc1cc(CCCNc2ccn3ncc(Br)c3n2)ccc1OC. The highest BCUT2D eigenvalue weighted by Gasteiger charge is 2.06. The van der Waals surface area contributed by atoms with Crippen LogP contribution in [0.1, 0.15) is 18.9 Å². The normalized spacial score (nSPS) is 10.8. The first kappa shape index (κ1) is 17.5. The van der Waals surface area contributed by atoms with E-state index < -0.39 is 0 Å². The number of hydrogen-bond donors (Lipinski definition) is 1. The number of ether oxygens (including phenoxy) is 2. The lowest BCUT2D eigenvalue weighted by molar-refractivity contribution is 0.310. The maximum Gasteiger partial charge on any atom is 0.171 e. The number of anilines is 1. The number of nitrogens with zero attached hydrogens (tertiary/aromatic N) is 3. The lowest BCUT2D eigenvalue weighted by Crippen LogP contribution is -2.06. The van der Waals surface area contributed by atoms with E-state index in [1.807, 2.05) is 25.3 Å². The fourth-order valence-corrected chi connectivity index (χ4v) is 2.96. The number of aromatic nitrogens is 3. The van der Waals surface area contributed by atoms with Gasteiger partial charge in [0.25, 0.3) is 0 Å². The fraction of sp³-hybridized carbons (Fsp3) is 0.333. The first-order chi connectivity index (χ1) is 12.2. The van der Waals surface area contributed by atoms with Gasteiger partial charge in [-0.3, -0.25) is 0 Å². The van der Waals surface area contributed by atoms with E-state index in [2.05, 4.69) is 43.5 Å². The maximum atomic E-state index is 5.63. The van der Waals surface area contributed by atoms with E-state index >= 15 is 0 Å². The van der Waals surface area contributed by atoms with Crippen molar-refractivity contribution in [2.75, 3.05) is 25.6 Å². The van der Waals surface area contributed by atoms with Gasteiger partial charge >= 0.3 is 0 Å². The Bertz CT molecular complexity index is 850. The number of methoxy groups -OCH3 is 1. The number of fused-ring (bicyclic) bond motifs is 1. The van der Waals surface area contributed by atoms with Crippen molar-refractivity contribution in [3.8, 4) is 11.5 Å². The van der Waals surface area contributed by atoms with Crippen LogP contribution in [0.25, 0.3) is 5.65 Å². The minimum Gasteiger partial charge on any atom is -0.493 e. The van der Waals surface area contributed by atoms with E-state index in [1.54, 1.807) is 17.8 Å². The third-order valence-electron chi connectivity index (χ3n) is 3.80. The van der Waals surface area contributed by atoms with Gasteiger partial charge in [0.05, 0.1) is 24.4 Å². The Kier molecular flexibility index (Phi) is 5.75. The lowest BCUT2D eigenvalue weighted by atomic mass is 10.1. The average Bonchev–Trinajstić information content (AvgIpc) is 3.00. The van der Waals surface area contributed by atoms with Crippen LogP contribution in [0.5, 0.6) is 11.5 Å². The van der Waals surface area contributed by atoms with E-state index in [0.29, 0.717) is 6.61 Å². The highest BCUT2D eigenvalue weighted by molar-refractivity contribution is 9.10. The molecule has 1 aromatic carbocycles. The molecule has 0 aliphatic carbocycles. The van der Waals surface area contributed by atoms with Crippen LogP contribution in [0.15, 0.2) is 41.1 Å². The van der Waals surface area contributed by atoms with Crippen molar-refractivity contribution < 1.29 is 9.47 Å². The summed E-state index contributed by atoms with van der Waals surface area (Å²) in [5.41, 5.74) is 2.04. The number of hydrogen-bond acceptors (Lipinski definition) is 5. The van der Waals surface area contributed by atoms with Gasteiger partial charge in [0, 0.05) is 12.7 Å². The summed E-state index contributed by atoms with van der Waals surface area (Å²) in [5.74, 6) is 2.42. The average molecular weight is 405 g/mol. The molecule has 2 aromatic heterocycles. The summed E-state index contributed by atoms with van der Waals surface area (Å²) in [4.78, 5) is 4.55. The molecule has 3 aromatic rings. The number of halogens is 1. The van der Waals surface area contributed by atoms with Crippen LogP contribution in [0.3, 0.4) is 0 Å².